The molecule has 1 aliphatic heterocycles. The number of hydrogen-bond acceptors (Lipinski definition) is 5. The second-order valence-corrected chi connectivity index (χ2v) is 6.64. The number of rotatable bonds is 4. The topological polar surface area (TPSA) is 50.1 Å². The molecule has 0 N–H and O–H groups in total. The van der Waals surface area contributed by atoms with Gasteiger partial charge in [-0.1, -0.05) is 0 Å². The molecule has 0 bridgehead atoms. The first-order chi connectivity index (χ1) is 11.5. The minimum atomic E-state index is 0.937. The molecule has 2 aromatic rings. The highest BCUT2D eigenvalue weighted by molar-refractivity contribution is 5.47. The van der Waals surface area contributed by atoms with E-state index in [4.69, 9.17) is 0 Å². The molecule has 3 heterocycles. The van der Waals surface area contributed by atoms with E-state index < -0.39 is 0 Å². The summed E-state index contributed by atoms with van der Waals surface area (Å²) < 4.78 is 2.11. The van der Waals surface area contributed by atoms with Crippen LogP contribution in [-0.2, 0) is 13.1 Å². The van der Waals surface area contributed by atoms with Gasteiger partial charge in [0.2, 0.25) is 0 Å². The molecule has 3 rings (SSSR count). The summed E-state index contributed by atoms with van der Waals surface area (Å²) in [6.45, 7) is 16.7. The third-order valence-corrected chi connectivity index (χ3v) is 5.19. The maximum absolute atomic E-state index is 4.64. The Morgan fingerprint density at radius 1 is 0.958 bits per heavy atom. The van der Waals surface area contributed by atoms with Crippen molar-refractivity contribution >= 4 is 5.82 Å². The summed E-state index contributed by atoms with van der Waals surface area (Å²) in [4.78, 5) is 13.7. The fraction of sp³-hybridized carbons (Fsp3) is 0.611. The third-order valence-electron chi connectivity index (χ3n) is 5.19. The van der Waals surface area contributed by atoms with Crippen LogP contribution >= 0.6 is 0 Å². The lowest BCUT2D eigenvalue weighted by atomic mass is 10.1. The predicted octanol–water partition coefficient (Wildman–Crippen LogP) is 2.25. The minimum Gasteiger partial charge on any atom is -0.354 e. The minimum absolute atomic E-state index is 0.937. The number of hydrogen-bond donors (Lipinski definition) is 0. The predicted molar refractivity (Wildman–Crippen MR) is 96.4 cm³/mol. The van der Waals surface area contributed by atoms with Crippen molar-refractivity contribution in [2.75, 3.05) is 31.1 Å². The fourth-order valence-electron chi connectivity index (χ4n) is 3.46. The molecule has 6 nitrogen and oxygen atoms in total. The molecule has 0 spiro atoms. The molecule has 0 atom stereocenters. The van der Waals surface area contributed by atoms with Crippen molar-refractivity contribution in [3.8, 4) is 0 Å². The average Bonchev–Trinajstić information content (AvgIpc) is 2.86. The van der Waals surface area contributed by atoms with Crippen LogP contribution in [0.1, 0.15) is 35.1 Å². The SMILES string of the molecule is CCn1nc(C)c(CN2CCN(c3ncnc(C)c3C)CC2)c1C. The van der Waals surface area contributed by atoms with Crippen LogP contribution in [0.4, 0.5) is 5.82 Å². The second-order valence-electron chi connectivity index (χ2n) is 6.64. The summed E-state index contributed by atoms with van der Waals surface area (Å²) in [5.41, 5.74) is 6.13. The highest BCUT2D eigenvalue weighted by atomic mass is 15.3. The molecule has 1 fully saturated rings. The molecular weight excluding hydrogens is 300 g/mol. The van der Waals surface area contributed by atoms with Crippen molar-refractivity contribution in [3.63, 3.8) is 0 Å². The largest absolute Gasteiger partial charge is 0.354 e. The molecule has 0 aromatic carbocycles. The van der Waals surface area contributed by atoms with Crippen molar-refractivity contribution in [3.05, 3.63) is 34.5 Å². The van der Waals surface area contributed by atoms with Crippen molar-refractivity contribution in [2.45, 2.75) is 47.7 Å². The van der Waals surface area contributed by atoms with E-state index in [9.17, 15) is 0 Å². The molecule has 0 aliphatic carbocycles. The standard InChI is InChI=1S/C18H28N6/c1-6-24-16(5)17(15(4)21-24)11-22-7-9-23(10-8-22)18-13(2)14(3)19-12-20-18/h12H,6-11H2,1-5H3. The van der Waals surface area contributed by atoms with Crippen molar-refractivity contribution in [1.29, 1.82) is 0 Å². The van der Waals surface area contributed by atoms with E-state index in [0.717, 1.165) is 50.8 Å². The van der Waals surface area contributed by atoms with Crippen LogP contribution in [0.25, 0.3) is 0 Å². The van der Waals surface area contributed by atoms with Crippen LogP contribution in [0.15, 0.2) is 6.33 Å². The number of aromatic nitrogens is 4. The van der Waals surface area contributed by atoms with E-state index in [0.29, 0.717) is 0 Å². The summed E-state index contributed by atoms with van der Waals surface area (Å²) in [5, 5.41) is 4.64. The van der Waals surface area contributed by atoms with Gasteiger partial charge in [-0.2, -0.15) is 5.10 Å². The molecule has 0 saturated carbocycles. The Bertz CT molecular complexity index is 713. The second kappa shape index (κ2) is 6.89. The Kier molecular flexibility index (Phi) is 4.85. The number of nitrogens with zero attached hydrogens (tertiary/aromatic N) is 6. The lowest BCUT2D eigenvalue weighted by Crippen LogP contribution is -2.46. The van der Waals surface area contributed by atoms with Gasteiger partial charge in [0.1, 0.15) is 12.1 Å². The van der Waals surface area contributed by atoms with E-state index in [1.54, 1.807) is 6.33 Å². The Hall–Kier alpha value is -1.95. The molecule has 130 valence electrons. The van der Waals surface area contributed by atoms with Crippen LogP contribution in [0.3, 0.4) is 0 Å². The zero-order chi connectivity index (χ0) is 17.3. The molecule has 6 heteroatoms. The van der Waals surface area contributed by atoms with Crippen molar-refractivity contribution in [1.82, 2.24) is 24.6 Å². The molecule has 2 aromatic heterocycles. The summed E-state index contributed by atoms with van der Waals surface area (Å²) in [7, 11) is 0. The first-order valence-corrected chi connectivity index (χ1v) is 8.79. The zero-order valence-electron chi connectivity index (χ0n) is 15.5. The summed E-state index contributed by atoms with van der Waals surface area (Å²) >= 11 is 0. The van der Waals surface area contributed by atoms with Crippen LogP contribution in [-0.4, -0.2) is 50.8 Å². The molecule has 1 aliphatic rings. The Morgan fingerprint density at radius 2 is 1.67 bits per heavy atom. The van der Waals surface area contributed by atoms with Gasteiger partial charge in [0.05, 0.1) is 5.69 Å². The molecule has 0 radical (unpaired) electrons. The van der Waals surface area contributed by atoms with E-state index in [-0.39, 0.29) is 0 Å². The Morgan fingerprint density at radius 3 is 2.29 bits per heavy atom. The summed E-state index contributed by atoms with van der Waals surface area (Å²) in [6, 6.07) is 0. The monoisotopic (exact) mass is 328 g/mol. The van der Waals surface area contributed by atoms with Crippen molar-refractivity contribution in [2.24, 2.45) is 0 Å². The Labute approximate surface area is 144 Å². The number of aryl methyl sites for hydroxylation is 3. The van der Waals surface area contributed by atoms with E-state index >= 15 is 0 Å². The quantitative estimate of drug-likeness (QED) is 0.861. The molecule has 1 saturated heterocycles. The van der Waals surface area contributed by atoms with Gasteiger partial charge in [0.25, 0.3) is 0 Å². The summed E-state index contributed by atoms with van der Waals surface area (Å²) in [5.74, 6) is 1.09. The number of anilines is 1. The third kappa shape index (κ3) is 3.15. The first kappa shape index (κ1) is 16.9. The van der Waals surface area contributed by atoms with Crippen LogP contribution in [0.2, 0.25) is 0 Å². The molecule has 24 heavy (non-hydrogen) atoms. The van der Waals surface area contributed by atoms with Gasteiger partial charge in [-0.3, -0.25) is 9.58 Å². The normalized spacial score (nSPS) is 16.0. The van der Waals surface area contributed by atoms with Gasteiger partial charge < -0.3 is 4.90 Å². The van der Waals surface area contributed by atoms with Gasteiger partial charge >= 0.3 is 0 Å². The van der Waals surface area contributed by atoms with Crippen LogP contribution < -0.4 is 4.90 Å². The highest BCUT2D eigenvalue weighted by Gasteiger charge is 2.22. The maximum Gasteiger partial charge on any atom is 0.135 e. The lowest BCUT2D eigenvalue weighted by molar-refractivity contribution is 0.248. The van der Waals surface area contributed by atoms with Gasteiger partial charge in [0, 0.05) is 61.8 Å². The van der Waals surface area contributed by atoms with Crippen LogP contribution in [0, 0.1) is 27.7 Å². The first-order valence-electron chi connectivity index (χ1n) is 8.79. The smallest absolute Gasteiger partial charge is 0.135 e. The zero-order valence-corrected chi connectivity index (χ0v) is 15.5. The molecule has 0 amide bonds. The summed E-state index contributed by atoms with van der Waals surface area (Å²) in [6.07, 6.45) is 1.68. The van der Waals surface area contributed by atoms with E-state index in [1.807, 2.05) is 6.92 Å². The number of piperazine rings is 1. The molecular formula is C18H28N6. The van der Waals surface area contributed by atoms with Gasteiger partial charge in [-0.05, 0) is 34.6 Å². The van der Waals surface area contributed by atoms with Gasteiger partial charge in [0.15, 0.2) is 0 Å². The van der Waals surface area contributed by atoms with Crippen molar-refractivity contribution < 1.29 is 0 Å². The lowest BCUT2D eigenvalue weighted by Gasteiger charge is -2.36. The maximum atomic E-state index is 4.64. The Balaban J connectivity index is 1.65. The van der Waals surface area contributed by atoms with E-state index in [2.05, 4.69) is 57.2 Å². The van der Waals surface area contributed by atoms with Gasteiger partial charge in [-0.25, -0.2) is 9.97 Å². The van der Waals surface area contributed by atoms with Crippen LogP contribution in [0.5, 0.6) is 0 Å². The highest BCUT2D eigenvalue weighted by Crippen LogP contribution is 2.21. The van der Waals surface area contributed by atoms with E-state index in [1.165, 1.54) is 22.5 Å². The fourth-order valence-corrected chi connectivity index (χ4v) is 3.46. The molecule has 0 unspecified atom stereocenters. The average molecular weight is 328 g/mol. The van der Waals surface area contributed by atoms with Gasteiger partial charge in [-0.15, -0.1) is 0 Å².